The Bertz CT molecular complexity index is 1640. The second-order valence-electron chi connectivity index (χ2n) is 9.63. The van der Waals surface area contributed by atoms with E-state index in [1.54, 1.807) is 37.5 Å². The number of pyridine rings is 3. The third kappa shape index (κ3) is 4.27. The SMILES string of the molecule is C[C@@H]1CN(c2c(C#N)c(=O)n(C)c3ccc(C#N)nc23)[C@@H](C)CN1C(c1ccc(F)cc1)c1ccccn1. The third-order valence-corrected chi connectivity index (χ3v) is 7.25. The molecule has 0 bridgehead atoms. The van der Waals surface area contributed by atoms with Gasteiger partial charge in [-0.1, -0.05) is 18.2 Å². The third-order valence-electron chi connectivity index (χ3n) is 7.25. The lowest BCUT2D eigenvalue weighted by Crippen LogP contribution is -2.58. The van der Waals surface area contributed by atoms with Crippen LogP contribution in [0.4, 0.5) is 10.1 Å². The molecule has 8 nitrogen and oxygen atoms in total. The Balaban J connectivity index is 1.61. The molecule has 0 spiro atoms. The van der Waals surface area contributed by atoms with Crippen LogP contribution in [0.25, 0.3) is 11.0 Å². The number of rotatable bonds is 4. The molecule has 1 aromatic carbocycles. The van der Waals surface area contributed by atoms with Crippen LogP contribution in [-0.4, -0.2) is 44.6 Å². The largest absolute Gasteiger partial charge is 0.363 e. The first-order chi connectivity index (χ1) is 18.3. The molecule has 1 fully saturated rings. The van der Waals surface area contributed by atoms with Crippen LogP contribution >= 0.6 is 0 Å². The van der Waals surface area contributed by atoms with E-state index in [2.05, 4.69) is 38.8 Å². The molecule has 9 heteroatoms. The van der Waals surface area contributed by atoms with Gasteiger partial charge in [0.1, 0.15) is 34.7 Å². The highest BCUT2D eigenvalue weighted by Gasteiger charge is 2.37. The van der Waals surface area contributed by atoms with Crippen molar-refractivity contribution in [2.24, 2.45) is 7.05 Å². The molecule has 1 saturated heterocycles. The number of benzene rings is 1. The van der Waals surface area contributed by atoms with Crippen molar-refractivity contribution < 1.29 is 4.39 Å². The van der Waals surface area contributed by atoms with Gasteiger partial charge in [-0.15, -0.1) is 0 Å². The van der Waals surface area contributed by atoms with E-state index < -0.39 is 5.56 Å². The first-order valence-electron chi connectivity index (χ1n) is 12.4. The van der Waals surface area contributed by atoms with E-state index in [1.807, 2.05) is 25.1 Å². The fourth-order valence-electron chi connectivity index (χ4n) is 5.38. The van der Waals surface area contributed by atoms with Crippen LogP contribution < -0.4 is 10.5 Å². The second kappa shape index (κ2) is 10.0. The standard InChI is InChI=1S/C29H26FN7O/c1-18-17-37(28-23(15-32)29(38)35(3)25-12-11-22(14-31)34-26(25)28)19(2)16-36(18)27(24-6-4-5-13-33-24)20-7-9-21(30)10-8-20/h4-13,18-19,27H,16-17H2,1-3H3/t18-,19+,27?/m1/s1. The maximum absolute atomic E-state index is 13.8. The summed E-state index contributed by atoms with van der Waals surface area (Å²) in [5.41, 5.74) is 3.07. The van der Waals surface area contributed by atoms with Crippen molar-refractivity contribution in [2.45, 2.75) is 32.0 Å². The number of aryl methyl sites for hydroxylation is 1. The fourth-order valence-corrected chi connectivity index (χ4v) is 5.38. The van der Waals surface area contributed by atoms with Crippen molar-refractivity contribution in [3.8, 4) is 12.1 Å². The predicted molar refractivity (Wildman–Crippen MR) is 142 cm³/mol. The normalized spacial score (nSPS) is 18.6. The zero-order chi connectivity index (χ0) is 27.0. The van der Waals surface area contributed by atoms with Crippen LogP contribution in [-0.2, 0) is 7.05 Å². The van der Waals surface area contributed by atoms with Gasteiger partial charge in [-0.2, -0.15) is 10.5 Å². The maximum atomic E-state index is 13.8. The average molecular weight is 508 g/mol. The molecule has 1 aliphatic rings. The minimum Gasteiger partial charge on any atom is -0.363 e. The summed E-state index contributed by atoms with van der Waals surface area (Å²) >= 11 is 0. The van der Waals surface area contributed by atoms with Crippen LogP contribution in [0.5, 0.6) is 0 Å². The van der Waals surface area contributed by atoms with Gasteiger partial charge in [0.05, 0.1) is 22.9 Å². The minimum atomic E-state index is -0.401. The van der Waals surface area contributed by atoms with Gasteiger partial charge in [-0.05, 0) is 55.8 Å². The Labute approximate surface area is 219 Å². The van der Waals surface area contributed by atoms with Crippen molar-refractivity contribution in [1.29, 1.82) is 10.5 Å². The summed E-state index contributed by atoms with van der Waals surface area (Å²) < 4.78 is 15.2. The summed E-state index contributed by atoms with van der Waals surface area (Å²) in [5.74, 6) is -0.300. The molecule has 190 valence electrons. The lowest BCUT2D eigenvalue weighted by Gasteiger charge is -2.48. The molecule has 38 heavy (non-hydrogen) atoms. The van der Waals surface area contributed by atoms with Gasteiger partial charge in [-0.25, -0.2) is 9.37 Å². The Kier molecular flexibility index (Phi) is 6.62. The first kappa shape index (κ1) is 25.1. The number of anilines is 1. The lowest BCUT2D eigenvalue weighted by atomic mass is 9.96. The zero-order valence-electron chi connectivity index (χ0n) is 21.3. The summed E-state index contributed by atoms with van der Waals surface area (Å²) in [7, 11) is 1.60. The number of piperazine rings is 1. The van der Waals surface area contributed by atoms with E-state index in [0.717, 1.165) is 11.3 Å². The molecule has 3 atom stereocenters. The molecule has 0 saturated carbocycles. The lowest BCUT2D eigenvalue weighted by molar-refractivity contribution is 0.128. The number of hydrogen-bond donors (Lipinski definition) is 0. The summed E-state index contributed by atoms with van der Waals surface area (Å²) in [4.78, 5) is 26.7. The monoisotopic (exact) mass is 507 g/mol. The first-order valence-corrected chi connectivity index (χ1v) is 12.4. The van der Waals surface area contributed by atoms with Gasteiger partial charge in [0.2, 0.25) is 0 Å². The molecular weight excluding hydrogens is 481 g/mol. The quantitative estimate of drug-likeness (QED) is 0.413. The van der Waals surface area contributed by atoms with Gasteiger partial charge in [-0.3, -0.25) is 14.7 Å². The Morgan fingerprint density at radius 2 is 1.76 bits per heavy atom. The Morgan fingerprint density at radius 1 is 1.00 bits per heavy atom. The molecule has 1 unspecified atom stereocenters. The number of nitriles is 2. The fraction of sp³-hybridized carbons (Fsp3) is 0.276. The average Bonchev–Trinajstić information content (AvgIpc) is 2.94. The van der Waals surface area contributed by atoms with Crippen LogP contribution in [0.2, 0.25) is 0 Å². The van der Waals surface area contributed by atoms with E-state index >= 15 is 0 Å². The number of nitrogens with zero attached hydrogens (tertiary/aromatic N) is 7. The highest BCUT2D eigenvalue weighted by atomic mass is 19.1. The van der Waals surface area contributed by atoms with E-state index in [0.29, 0.717) is 29.8 Å². The van der Waals surface area contributed by atoms with Gasteiger partial charge in [0.15, 0.2) is 0 Å². The molecule has 0 amide bonds. The maximum Gasteiger partial charge on any atom is 0.270 e. The minimum absolute atomic E-state index is 0.00917. The number of halogens is 1. The topological polar surface area (TPSA) is 102 Å². The smallest absolute Gasteiger partial charge is 0.270 e. The van der Waals surface area contributed by atoms with Gasteiger partial charge >= 0.3 is 0 Å². The Morgan fingerprint density at radius 3 is 2.42 bits per heavy atom. The summed E-state index contributed by atoms with van der Waals surface area (Å²) in [6, 6.07) is 19.3. The predicted octanol–water partition coefficient (Wildman–Crippen LogP) is 3.90. The zero-order valence-corrected chi connectivity index (χ0v) is 21.3. The molecule has 0 aliphatic carbocycles. The highest BCUT2D eigenvalue weighted by Crippen LogP contribution is 2.36. The van der Waals surface area contributed by atoms with Gasteiger partial charge < -0.3 is 9.47 Å². The van der Waals surface area contributed by atoms with Crippen LogP contribution in [0.15, 0.2) is 65.6 Å². The molecule has 3 aromatic heterocycles. The van der Waals surface area contributed by atoms with Crippen molar-refractivity contribution in [2.75, 3.05) is 18.0 Å². The molecule has 4 heterocycles. The summed E-state index contributed by atoms with van der Waals surface area (Å²) in [6.45, 7) is 5.21. The molecule has 4 aromatic rings. The molecular formula is C29H26FN7O. The summed E-state index contributed by atoms with van der Waals surface area (Å²) in [6.07, 6.45) is 1.75. The van der Waals surface area contributed by atoms with Crippen LogP contribution in [0, 0.1) is 28.5 Å². The molecule has 0 N–H and O–H groups in total. The van der Waals surface area contributed by atoms with E-state index in [9.17, 15) is 19.7 Å². The second-order valence-corrected chi connectivity index (χ2v) is 9.63. The van der Waals surface area contributed by atoms with Crippen molar-refractivity contribution in [3.63, 3.8) is 0 Å². The molecule has 1 aliphatic heterocycles. The van der Waals surface area contributed by atoms with Crippen molar-refractivity contribution in [3.05, 3.63) is 99.5 Å². The van der Waals surface area contributed by atoms with Crippen LogP contribution in [0.1, 0.15) is 42.4 Å². The van der Waals surface area contributed by atoms with E-state index in [-0.39, 0.29) is 35.2 Å². The number of hydrogen-bond acceptors (Lipinski definition) is 7. The summed E-state index contributed by atoms with van der Waals surface area (Å²) in [5, 5.41) is 19.5. The molecule has 5 rings (SSSR count). The number of aromatic nitrogens is 3. The number of fused-ring (bicyclic) bond motifs is 1. The van der Waals surface area contributed by atoms with E-state index in [4.69, 9.17) is 0 Å². The Hall–Kier alpha value is -4.60. The highest BCUT2D eigenvalue weighted by molar-refractivity contribution is 5.92. The van der Waals surface area contributed by atoms with E-state index in [1.165, 1.54) is 16.7 Å². The van der Waals surface area contributed by atoms with Crippen molar-refractivity contribution >= 4 is 16.7 Å². The van der Waals surface area contributed by atoms with Gasteiger partial charge in [0, 0.05) is 38.4 Å². The van der Waals surface area contributed by atoms with Crippen LogP contribution in [0.3, 0.4) is 0 Å². The molecule has 0 radical (unpaired) electrons. The van der Waals surface area contributed by atoms with Gasteiger partial charge in [0.25, 0.3) is 5.56 Å². The van der Waals surface area contributed by atoms with Crippen molar-refractivity contribution in [1.82, 2.24) is 19.4 Å².